The van der Waals surface area contributed by atoms with E-state index < -0.39 is 11.6 Å². The molecule has 2 atom stereocenters. The standard InChI is InChI=1S/C31H33F3O/c1-3-5-6-8-21-9-18-29(35-20-21)25-15-16-26(28(32)19-25)22-10-12-23(13-11-22)27-17-14-24(7-4-2)30(33)31(27)34/h3,5,10-17,19,21,29H,4,6-9,18,20H2,1-2H3/b5-3+. The Kier molecular flexibility index (Phi) is 8.46. The SMILES string of the molecule is C/C=C/CCC1CCC(c2ccc(-c3ccc(-c4ccc(CCC)c(F)c4F)cc3)c(F)c2)OC1. The fourth-order valence-corrected chi connectivity index (χ4v) is 4.87. The van der Waals surface area contributed by atoms with Gasteiger partial charge in [0.1, 0.15) is 5.82 Å². The van der Waals surface area contributed by atoms with Crippen LogP contribution in [0, 0.1) is 23.4 Å². The highest BCUT2D eigenvalue weighted by Gasteiger charge is 2.23. The Hall–Kier alpha value is -2.85. The van der Waals surface area contributed by atoms with Gasteiger partial charge in [-0.05, 0) is 73.3 Å². The number of hydrogen-bond acceptors (Lipinski definition) is 1. The minimum absolute atomic E-state index is 0.0764. The highest BCUT2D eigenvalue weighted by molar-refractivity contribution is 5.71. The Balaban J connectivity index is 1.46. The van der Waals surface area contributed by atoms with Crippen LogP contribution in [0.1, 0.15) is 63.2 Å². The maximum absolute atomic E-state index is 15.1. The van der Waals surface area contributed by atoms with Crippen LogP contribution in [0.2, 0.25) is 0 Å². The zero-order valence-electron chi connectivity index (χ0n) is 20.5. The molecule has 1 aliphatic heterocycles. The molecule has 0 bridgehead atoms. The lowest BCUT2D eigenvalue weighted by molar-refractivity contribution is -0.0191. The molecule has 3 aromatic carbocycles. The monoisotopic (exact) mass is 478 g/mol. The molecule has 0 radical (unpaired) electrons. The van der Waals surface area contributed by atoms with E-state index in [1.54, 1.807) is 48.5 Å². The van der Waals surface area contributed by atoms with Gasteiger partial charge in [0, 0.05) is 11.1 Å². The maximum Gasteiger partial charge on any atom is 0.166 e. The van der Waals surface area contributed by atoms with Crippen LogP contribution in [-0.2, 0) is 11.2 Å². The van der Waals surface area contributed by atoms with E-state index in [0.717, 1.165) is 37.7 Å². The van der Waals surface area contributed by atoms with Gasteiger partial charge in [0.05, 0.1) is 12.7 Å². The zero-order chi connectivity index (χ0) is 24.8. The van der Waals surface area contributed by atoms with Gasteiger partial charge in [0.25, 0.3) is 0 Å². The molecule has 35 heavy (non-hydrogen) atoms. The summed E-state index contributed by atoms with van der Waals surface area (Å²) in [5, 5.41) is 0. The van der Waals surface area contributed by atoms with E-state index in [2.05, 4.69) is 12.2 Å². The normalized spacial score (nSPS) is 18.3. The van der Waals surface area contributed by atoms with Crippen molar-refractivity contribution in [3.8, 4) is 22.3 Å². The third-order valence-corrected chi connectivity index (χ3v) is 6.90. The Bertz CT molecular complexity index is 1160. The van der Waals surface area contributed by atoms with Crippen molar-refractivity contribution >= 4 is 0 Å². The van der Waals surface area contributed by atoms with Crippen LogP contribution < -0.4 is 0 Å². The first kappa shape index (κ1) is 25.2. The first-order valence-corrected chi connectivity index (χ1v) is 12.6. The van der Waals surface area contributed by atoms with Crippen LogP contribution in [0.4, 0.5) is 13.2 Å². The molecular weight excluding hydrogens is 445 g/mol. The summed E-state index contributed by atoms with van der Waals surface area (Å²) in [6.07, 6.45) is 9.61. The van der Waals surface area contributed by atoms with Gasteiger partial charge in [-0.25, -0.2) is 13.2 Å². The van der Waals surface area contributed by atoms with Crippen molar-refractivity contribution in [1.29, 1.82) is 0 Å². The first-order valence-electron chi connectivity index (χ1n) is 12.6. The second kappa shape index (κ2) is 11.7. The highest BCUT2D eigenvalue weighted by Crippen LogP contribution is 2.35. The van der Waals surface area contributed by atoms with E-state index in [9.17, 15) is 8.78 Å². The van der Waals surface area contributed by atoms with Crippen LogP contribution in [0.25, 0.3) is 22.3 Å². The predicted molar refractivity (Wildman–Crippen MR) is 137 cm³/mol. The second-order valence-electron chi connectivity index (χ2n) is 9.38. The molecule has 3 aromatic rings. The lowest BCUT2D eigenvalue weighted by Crippen LogP contribution is -2.20. The molecule has 4 rings (SSSR count). The minimum atomic E-state index is -0.837. The number of rotatable bonds is 8. The summed E-state index contributed by atoms with van der Waals surface area (Å²) < 4.78 is 50.1. The summed E-state index contributed by atoms with van der Waals surface area (Å²) in [7, 11) is 0. The highest BCUT2D eigenvalue weighted by atomic mass is 19.2. The average molecular weight is 479 g/mol. The van der Waals surface area contributed by atoms with Crippen molar-refractivity contribution in [3.63, 3.8) is 0 Å². The molecule has 1 aliphatic rings. The number of halogens is 3. The van der Waals surface area contributed by atoms with Gasteiger partial charge in [-0.15, -0.1) is 0 Å². The Morgan fingerprint density at radius 3 is 2.23 bits per heavy atom. The summed E-state index contributed by atoms with van der Waals surface area (Å²) in [5.74, 6) is -1.37. The summed E-state index contributed by atoms with van der Waals surface area (Å²) in [5.41, 5.74) is 3.19. The molecular formula is C31H33F3O. The number of hydrogen-bond donors (Lipinski definition) is 0. The summed E-state index contributed by atoms with van der Waals surface area (Å²) in [6, 6.07) is 15.4. The van der Waals surface area contributed by atoms with Crippen molar-refractivity contribution in [1.82, 2.24) is 0 Å². The van der Waals surface area contributed by atoms with Crippen LogP contribution in [0.15, 0.2) is 66.7 Å². The molecule has 2 unspecified atom stereocenters. The minimum Gasteiger partial charge on any atom is -0.373 e. The van der Waals surface area contributed by atoms with Gasteiger partial charge in [0.2, 0.25) is 0 Å². The van der Waals surface area contributed by atoms with Crippen molar-refractivity contribution < 1.29 is 17.9 Å². The predicted octanol–water partition coefficient (Wildman–Crippen LogP) is 9.21. The van der Waals surface area contributed by atoms with Gasteiger partial charge in [0.15, 0.2) is 11.6 Å². The first-order chi connectivity index (χ1) is 17.0. The molecule has 0 aromatic heterocycles. The number of ether oxygens (including phenoxy) is 1. The third kappa shape index (κ3) is 5.87. The van der Waals surface area contributed by atoms with E-state index in [1.807, 2.05) is 19.9 Å². The molecule has 1 fully saturated rings. The van der Waals surface area contributed by atoms with Crippen LogP contribution in [0.5, 0.6) is 0 Å². The van der Waals surface area contributed by atoms with Gasteiger partial charge < -0.3 is 4.74 Å². The molecule has 0 spiro atoms. The van der Waals surface area contributed by atoms with Gasteiger partial charge >= 0.3 is 0 Å². The zero-order valence-corrected chi connectivity index (χ0v) is 20.5. The van der Waals surface area contributed by atoms with E-state index in [1.165, 1.54) is 0 Å². The molecule has 1 heterocycles. The lowest BCUT2D eigenvalue weighted by atomic mass is 9.90. The molecule has 0 N–H and O–H groups in total. The summed E-state index contributed by atoms with van der Waals surface area (Å²) in [6.45, 7) is 4.68. The Morgan fingerprint density at radius 1 is 0.886 bits per heavy atom. The molecule has 1 nitrogen and oxygen atoms in total. The van der Waals surface area contributed by atoms with Gasteiger partial charge in [-0.2, -0.15) is 0 Å². The Labute approximate surface area is 206 Å². The molecule has 0 saturated carbocycles. The van der Waals surface area contributed by atoms with Crippen molar-refractivity contribution in [2.45, 2.75) is 58.5 Å². The van der Waals surface area contributed by atoms with Crippen molar-refractivity contribution in [2.75, 3.05) is 6.61 Å². The molecule has 0 amide bonds. The smallest absolute Gasteiger partial charge is 0.166 e. The summed E-state index contributed by atoms with van der Waals surface area (Å²) >= 11 is 0. The van der Waals surface area contributed by atoms with Gasteiger partial charge in [-0.3, -0.25) is 0 Å². The van der Waals surface area contributed by atoms with Crippen molar-refractivity contribution in [2.24, 2.45) is 5.92 Å². The largest absolute Gasteiger partial charge is 0.373 e. The topological polar surface area (TPSA) is 9.23 Å². The molecule has 4 heteroatoms. The van der Waals surface area contributed by atoms with Gasteiger partial charge in [-0.1, -0.05) is 74.0 Å². The van der Waals surface area contributed by atoms with E-state index in [0.29, 0.717) is 41.2 Å². The van der Waals surface area contributed by atoms with E-state index in [-0.39, 0.29) is 17.5 Å². The van der Waals surface area contributed by atoms with Crippen LogP contribution >= 0.6 is 0 Å². The fraction of sp³-hybridized carbons (Fsp3) is 0.355. The molecule has 1 saturated heterocycles. The molecule has 0 aliphatic carbocycles. The maximum atomic E-state index is 15.1. The van der Waals surface area contributed by atoms with Crippen molar-refractivity contribution in [3.05, 3.63) is 95.3 Å². The molecule has 184 valence electrons. The fourth-order valence-electron chi connectivity index (χ4n) is 4.87. The van der Waals surface area contributed by atoms with E-state index in [4.69, 9.17) is 4.74 Å². The summed E-state index contributed by atoms with van der Waals surface area (Å²) in [4.78, 5) is 0. The van der Waals surface area contributed by atoms with Crippen LogP contribution in [0.3, 0.4) is 0 Å². The number of allylic oxidation sites excluding steroid dienone is 2. The third-order valence-electron chi connectivity index (χ3n) is 6.90. The number of aryl methyl sites for hydroxylation is 1. The Morgan fingerprint density at radius 2 is 1.60 bits per heavy atom. The average Bonchev–Trinajstić information content (AvgIpc) is 2.88. The quantitative estimate of drug-likeness (QED) is 0.293. The van der Waals surface area contributed by atoms with E-state index >= 15 is 4.39 Å². The number of benzene rings is 3. The second-order valence-corrected chi connectivity index (χ2v) is 9.38. The lowest BCUT2D eigenvalue weighted by Gasteiger charge is -2.29. The van der Waals surface area contributed by atoms with Crippen LogP contribution in [-0.4, -0.2) is 6.61 Å².